The van der Waals surface area contributed by atoms with E-state index in [2.05, 4.69) is 0 Å². The Bertz CT molecular complexity index is 538. The third-order valence-corrected chi connectivity index (χ3v) is 3.73. The number of benzene rings is 1. The second-order valence-electron chi connectivity index (χ2n) is 3.52. The molecule has 1 heterocycles. The molecule has 17 heavy (non-hydrogen) atoms. The lowest BCUT2D eigenvalue weighted by atomic mass is 10.1. The predicted molar refractivity (Wildman–Crippen MR) is 73.7 cm³/mol. The van der Waals surface area contributed by atoms with Crippen molar-refractivity contribution in [2.45, 2.75) is 6.92 Å². The van der Waals surface area contributed by atoms with Crippen LogP contribution in [0.15, 0.2) is 47.9 Å². The predicted octanol–water partition coefficient (Wildman–Crippen LogP) is 4.58. The molecule has 0 unspecified atom stereocenters. The molecule has 0 aliphatic heterocycles. The van der Waals surface area contributed by atoms with Gasteiger partial charge in [-0.1, -0.05) is 48.0 Å². The number of hydrogen-bond donors (Lipinski definition) is 0. The van der Waals surface area contributed by atoms with E-state index in [4.69, 9.17) is 11.6 Å². The Morgan fingerprint density at radius 3 is 2.35 bits per heavy atom. The minimum absolute atomic E-state index is 0.0585. The molecule has 0 atom stereocenters. The van der Waals surface area contributed by atoms with Crippen LogP contribution in [0.4, 0.5) is 0 Å². The van der Waals surface area contributed by atoms with Crippen LogP contribution >= 0.6 is 22.9 Å². The first kappa shape index (κ1) is 12.1. The van der Waals surface area contributed by atoms with E-state index in [9.17, 15) is 4.79 Å². The molecule has 0 radical (unpaired) electrons. The minimum Gasteiger partial charge on any atom is -0.288 e. The van der Waals surface area contributed by atoms with Gasteiger partial charge in [0.15, 0.2) is 0 Å². The lowest BCUT2D eigenvalue weighted by Gasteiger charge is -2.01. The Balaban J connectivity index is 2.27. The van der Waals surface area contributed by atoms with Crippen LogP contribution in [-0.2, 0) is 0 Å². The van der Waals surface area contributed by atoms with Gasteiger partial charge in [-0.25, -0.2) is 0 Å². The van der Waals surface area contributed by atoms with Gasteiger partial charge in [-0.15, -0.1) is 11.3 Å². The maximum Gasteiger partial charge on any atom is 0.202 e. The summed E-state index contributed by atoms with van der Waals surface area (Å²) in [4.78, 5) is 12.8. The first-order valence-electron chi connectivity index (χ1n) is 5.23. The molecule has 0 bridgehead atoms. The molecule has 0 saturated heterocycles. The summed E-state index contributed by atoms with van der Waals surface area (Å²) in [7, 11) is 0. The number of carbonyl (C=O) groups excluding carboxylic acids is 1. The monoisotopic (exact) mass is 262 g/mol. The van der Waals surface area contributed by atoms with Crippen molar-refractivity contribution >= 4 is 33.8 Å². The second kappa shape index (κ2) is 5.30. The fourth-order valence-corrected chi connectivity index (χ4v) is 2.31. The average molecular weight is 263 g/mol. The SMILES string of the molecule is C/C=C(\Cl)c1ccc(C(=O)c2cccs2)cc1. The Morgan fingerprint density at radius 2 is 1.82 bits per heavy atom. The number of hydrogen-bond acceptors (Lipinski definition) is 2. The van der Waals surface area contributed by atoms with Crippen molar-refractivity contribution in [3.05, 3.63) is 63.9 Å². The normalized spacial score (nSPS) is 11.5. The molecule has 0 aliphatic carbocycles. The van der Waals surface area contributed by atoms with Gasteiger partial charge in [-0.05, 0) is 23.9 Å². The molecule has 1 aromatic carbocycles. The van der Waals surface area contributed by atoms with Gasteiger partial charge in [0.2, 0.25) is 5.78 Å². The molecular formula is C14H11ClOS. The molecule has 0 fully saturated rings. The lowest BCUT2D eigenvalue weighted by molar-refractivity contribution is 0.104. The van der Waals surface area contributed by atoms with Crippen LogP contribution in [0.5, 0.6) is 0 Å². The van der Waals surface area contributed by atoms with Gasteiger partial charge < -0.3 is 0 Å². The summed E-state index contributed by atoms with van der Waals surface area (Å²) < 4.78 is 0. The first-order chi connectivity index (χ1) is 8.22. The van der Waals surface area contributed by atoms with E-state index >= 15 is 0 Å². The molecule has 1 nitrogen and oxygen atoms in total. The van der Waals surface area contributed by atoms with Crippen molar-refractivity contribution in [3.63, 3.8) is 0 Å². The zero-order chi connectivity index (χ0) is 12.3. The number of halogens is 1. The zero-order valence-electron chi connectivity index (χ0n) is 9.31. The van der Waals surface area contributed by atoms with E-state index in [-0.39, 0.29) is 5.78 Å². The molecule has 0 amide bonds. The van der Waals surface area contributed by atoms with Crippen LogP contribution < -0.4 is 0 Å². The Kier molecular flexibility index (Phi) is 3.77. The van der Waals surface area contributed by atoms with Gasteiger partial charge >= 0.3 is 0 Å². The van der Waals surface area contributed by atoms with E-state index < -0.39 is 0 Å². The van der Waals surface area contributed by atoms with Gasteiger partial charge in [-0.2, -0.15) is 0 Å². The quantitative estimate of drug-likeness (QED) is 0.740. The van der Waals surface area contributed by atoms with Crippen molar-refractivity contribution in [2.75, 3.05) is 0 Å². The van der Waals surface area contributed by atoms with Crippen molar-refractivity contribution in [1.82, 2.24) is 0 Å². The maximum atomic E-state index is 12.0. The number of allylic oxidation sites excluding steroid dienone is 1. The van der Waals surface area contributed by atoms with Gasteiger partial charge in [-0.3, -0.25) is 4.79 Å². The minimum atomic E-state index is 0.0585. The third kappa shape index (κ3) is 2.65. The van der Waals surface area contributed by atoms with E-state index in [0.717, 1.165) is 10.4 Å². The molecule has 0 aliphatic rings. The standard InChI is InChI=1S/C14H11ClOS/c1-2-12(15)10-5-7-11(8-6-10)14(16)13-4-3-9-17-13/h2-9H,1H3/b12-2-. The van der Waals surface area contributed by atoms with Gasteiger partial charge in [0.25, 0.3) is 0 Å². The molecule has 2 aromatic rings. The second-order valence-corrected chi connectivity index (χ2v) is 4.88. The molecule has 0 spiro atoms. The average Bonchev–Trinajstić information content (AvgIpc) is 2.91. The van der Waals surface area contributed by atoms with E-state index in [1.165, 1.54) is 11.3 Å². The highest BCUT2D eigenvalue weighted by atomic mass is 35.5. The van der Waals surface area contributed by atoms with Gasteiger partial charge in [0.05, 0.1) is 4.88 Å². The fourth-order valence-electron chi connectivity index (χ4n) is 1.50. The maximum absolute atomic E-state index is 12.0. The molecule has 3 heteroatoms. The van der Waals surface area contributed by atoms with Crippen molar-refractivity contribution in [3.8, 4) is 0 Å². The van der Waals surface area contributed by atoms with Gasteiger partial charge in [0, 0.05) is 10.6 Å². The van der Waals surface area contributed by atoms with Crippen molar-refractivity contribution in [2.24, 2.45) is 0 Å². The van der Waals surface area contributed by atoms with Crippen molar-refractivity contribution in [1.29, 1.82) is 0 Å². The highest BCUT2D eigenvalue weighted by Gasteiger charge is 2.09. The summed E-state index contributed by atoms with van der Waals surface area (Å²) in [6.07, 6.45) is 1.83. The smallest absolute Gasteiger partial charge is 0.202 e. The summed E-state index contributed by atoms with van der Waals surface area (Å²) in [5.74, 6) is 0.0585. The zero-order valence-corrected chi connectivity index (χ0v) is 10.9. The van der Waals surface area contributed by atoms with Crippen LogP contribution in [0.1, 0.15) is 27.7 Å². The Labute approximate surface area is 109 Å². The molecule has 86 valence electrons. The highest BCUT2D eigenvalue weighted by molar-refractivity contribution is 7.12. The van der Waals surface area contributed by atoms with Crippen LogP contribution in [0.3, 0.4) is 0 Å². The summed E-state index contributed by atoms with van der Waals surface area (Å²) in [5, 5.41) is 2.60. The largest absolute Gasteiger partial charge is 0.288 e. The lowest BCUT2D eigenvalue weighted by Crippen LogP contribution is -1.98. The van der Waals surface area contributed by atoms with Gasteiger partial charge in [0.1, 0.15) is 0 Å². The van der Waals surface area contributed by atoms with Crippen molar-refractivity contribution < 1.29 is 4.79 Å². The summed E-state index contributed by atoms with van der Waals surface area (Å²) >= 11 is 7.45. The van der Waals surface area contributed by atoms with E-state index in [1.807, 2.05) is 54.8 Å². The Morgan fingerprint density at radius 1 is 1.18 bits per heavy atom. The summed E-state index contributed by atoms with van der Waals surface area (Å²) in [6.45, 7) is 1.88. The summed E-state index contributed by atoms with van der Waals surface area (Å²) in [6, 6.07) is 11.1. The first-order valence-corrected chi connectivity index (χ1v) is 6.48. The van der Waals surface area contributed by atoms with E-state index in [1.54, 1.807) is 0 Å². The Hall–Kier alpha value is -1.38. The fraction of sp³-hybridized carbons (Fsp3) is 0.0714. The topological polar surface area (TPSA) is 17.1 Å². The number of carbonyl (C=O) groups is 1. The number of thiophene rings is 1. The highest BCUT2D eigenvalue weighted by Crippen LogP contribution is 2.21. The van der Waals surface area contributed by atoms with Crippen LogP contribution in [0.25, 0.3) is 5.03 Å². The third-order valence-electron chi connectivity index (χ3n) is 2.42. The molecular weight excluding hydrogens is 252 g/mol. The molecule has 2 rings (SSSR count). The number of ketones is 1. The van der Waals surface area contributed by atoms with Crippen LogP contribution in [-0.4, -0.2) is 5.78 Å². The molecule has 1 aromatic heterocycles. The number of rotatable bonds is 3. The molecule has 0 N–H and O–H groups in total. The summed E-state index contributed by atoms with van der Waals surface area (Å²) in [5.41, 5.74) is 1.62. The van der Waals surface area contributed by atoms with Crippen LogP contribution in [0.2, 0.25) is 0 Å². The van der Waals surface area contributed by atoms with E-state index in [0.29, 0.717) is 10.6 Å². The van der Waals surface area contributed by atoms with Crippen LogP contribution in [0, 0.1) is 0 Å². The molecule has 0 saturated carbocycles.